The molecule has 0 aromatic heterocycles. The maximum atomic E-state index is 12.8. The lowest BCUT2D eigenvalue weighted by molar-refractivity contribution is -0.148. The predicted octanol–water partition coefficient (Wildman–Crippen LogP) is 3.31. The minimum Gasteiger partial charge on any atom is -0.493 e. The number of hydrogen-bond acceptors (Lipinski definition) is 8. The van der Waals surface area contributed by atoms with E-state index in [-0.39, 0.29) is 23.2 Å². The molecule has 0 aliphatic carbocycles. The van der Waals surface area contributed by atoms with Crippen LogP contribution in [0.2, 0.25) is 0 Å². The molecule has 1 aliphatic heterocycles. The van der Waals surface area contributed by atoms with Gasteiger partial charge >= 0.3 is 5.97 Å². The van der Waals surface area contributed by atoms with Crippen molar-refractivity contribution >= 4 is 46.5 Å². The third-order valence-electron chi connectivity index (χ3n) is 4.67. The van der Waals surface area contributed by atoms with Crippen LogP contribution in [-0.4, -0.2) is 54.8 Å². The van der Waals surface area contributed by atoms with E-state index in [1.165, 1.54) is 27.2 Å². The van der Waals surface area contributed by atoms with Gasteiger partial charge in [-0.3, -0.25) is 19.3 Å². The lowest BCUT2D eigenvalue weighted by Crippen LogP contribution is -2.42. The summed E-state index contributed by atoms with van der Waals surface area (Å²) in [6, 6.07) is 12.8. The first-order chi connectivity index (χ1) is 15.8. The summed E-state index contributed by atoms with van der Waals surface area (Å²) in [6.07, 6.45) is 1.46. The average molecular weight is 471 g/mol. The Balaban J connectivity index is 1.82. The minimum absolute atomic E-state index is 0.0996. The molecule has 0 unspecified atom stereocenters. The van der Waals surface area contributed by atoms with Crippen LogP contribution in [0.5, 0.6) is 11.5 Å². The number of methoxy groups -OCH3 is 2. The maximum Gasteiger partial charge on any atom is 0.328 e. The number of benzene rings is 2. The normalized spacial score (nSPS) is 15.4. The molecule has 1 aliphatic rings. The molecule has 1 atom stereocenters. The first-order valence-electron chi connectivity index (χ1n) is 9.85. The summed E-state index contributed by atoms with van der Waals surface area (Å²) < 4.78 is 15.7. The van der Waals surface area contributed by atoms with Gasteiger partial charge in [0.15, 0.2) is 18.1 Å². The SMILES string of the molecule is COC(=O)[C@@H](C)N1C(=O)S/C(=C/c2cccc(OC)c2OCC(=O)Nc2ccccc2)C1=O. The molecule has 0 bridgehead atoms. The van der Waals surface area contributed by atoms with E-state index < -0.39 is 23.2 Å². The van der Waals surface area contributed by atoms with E-state index >= 15 is 0 Å². The second-order valence-corrected chi connectivity index (χ2v) is 7.83. The summed E-state index contributed by atoms with van der Waals surface area (Å²) in [4.78, 5) is 50.2. The molecule has 2 aromatic rings. The van der Waals surface area contributed by atoms with E-state index in [1.807, 2.05) is 6.07 Å². The molecule has 33 heavy (non-hydrogen) atoms. The lowest BCUT2D eigenvalue weighted by atomic mass is 10.1. The number of carbonyl (C=O) groups excluding carboxylic acids is 4. The van der Waals surface area contributed by atoms with Crippen LogP contribution >= 0.6 is 11.8 Å². The zero-order chi connectivity index (χ0) is 24.0. The molecule has 1 saturated heterocycles. The highest BCUT2D eigenvalue weighted by atomic mass is 32.2. The summed E-state index contributed by atoms with van der Waals surface area (Å²) in [5.74, 6) is -1.13. The van der Waals surface area contributed by atoms with Crippen LogP contribution in [-0.2, 0) is 19.1 Å². The van der Waals surface area contributed by atoms with Crippen molar-refractivity contribution in [2.45, 2.75) is 13.0 Å². The number of nitrogens with zero attached hydrogens (tertiary/aromatic N) is 1. The highest BCUT2D eigenvalue weighted by molar-refractivity contribution is 8.18. The molecule has 0 radical (unpaired) electrons. The van der Waals surface area contributed by atoms with Crippen LogP contribution < -0.4 is 14.8 Å². The summed E-state index contributed by atoms with van der Waals surface area (Å²) in [5, 5.41) is 2.13. The molecule has 0 saturated carbocycles. The largest absolute Gasteiger partial charge is 0.493 e. The molecule has 2 aromatic carbocycles. The van der Waals surface area contributed by atoms with Crippen LogP contribution in [0.1, 0.15) is 12.5 Å². The van der Waals surface area contributed by atoms with Gasteiger partial charge in [-0.1, -0.05) is 30.3 Å². The number of para-hydroxylation sites is 2. The Hall–Kier alpha value is -3.79. The number of anilines is 1. The van der Waals surface area contributed by atoms with E-state index in [2.05, 4.69) is 10.1 Å². The summed E-state index contributed by atoms with van der Waals surface area (Å²) in [6.45, 7) is 1.10. The second kappa shape index (κ2) is 10.7. The molecule has 3 rings (SSSR count). The van der Waals surface area contributed by atoms with Crippen LogP contribution in [0.3, 0.4) is 0 Å². The molecule has 0 spiro atoms. The standard InChI is InChI=1S/C23H22N2O7S/c1-14(22(28)31-3)25-21(27)18(33-23(25)29)12-15-8-7-11-17(30-2)20(15)32-13-19(26)24-16-9-5-4-6-10-16/h4-12,14H,13H2,1-3H3,(H,24,26)/b18-12+/t14-/m1/s1. The molecular weight excluding hydrogens is 448 g/mol. The van der Waals surface area contributed by atoms with E-state index in [1.54, 1.807) is 42.5 Å². The van der Waals surface area contributed by atoms with Gasteiger partial charge in [-0.25, -0.2) is 4.79 Å². The Bertz CT molecular complexity index is 1100. The highest BCUT2D eigenvalue weighted by Gasteiger charge is 2.41. The number of rotatable bonds is 8. The Morgan fingerprint density at radius 1 is 1.09 bits per heavy atom. The maximum absolute atomic E-state index is 12.8. The lowest BCUT2D eigenvalue weighted by Gasteiger charge is -2.18. The summed E-state index contributed by atoms with van der Waals surface area (Å²) >= 11 is 0.696. The number of esters is 1. The fourth-order valence-electron chi connectivity index (χ4n) is 3.05. The van der Waals surface area contributed by atoms with Crippen molar-refractivity contribution in [1.82, 2.24) is 4.90 Å². The fraction of sp³-hybridized carbons (Fsp3) is 0.217. The zero-order valence-corrected chi connectivity index (χ0v) is 19.0. The summed E-state index contributed by atoms with van der Waals surface area (Å²) in [5.41, 5.74) is 1.05. The van der Waals surface area contributed by atoms with Gasteiger partial charge in [0.2, 0.25) is 0 Å². The molecule has 9 nitrogen and oxygen atoms in total. The van der Waals surface area contributed by atoms with E-state index in [0.29, 0.717) is 28.8 Å². The number of thioether (sulfide) groups is 1. The Morgan fingerprint density at radius 3 is 2.48 bits per heavy atom. The molecule has 10 heteroatoms. The van der Waals surface area contributed by atoms with Gasteiger partial charge in [-0.2, -0.15) is 0 Å². The minimum atomic E-state index is -1.06. The van der Waals surface area contributed by atoms with Gasteiger partial charge in [-0.15, -0.1) is 0 Å². The van der Waals surface area contributed by atoms with Crippen molar-refractivity contribution in [2.75, 3.05) is 26.1 Å². The van der Waals surface area contributed by atoms with Crippen LogP contribution in [0, 0.1) is 0 Å². The van der Waals surface area contributed by atoms with Crippen molar-refractivity contribution < 1.29 is 33.4 Å². The predicted molar refractivity (Wildman–Crippen MR) is 123 cm³/mol. The van der Waals surface area contributed by atoms with Crippen LogP contribution in [0.4, 0.5) is 10.5 Å². The molecule has 1 N–H and O–H groups in total. The van der Waals surface area contributed by atoms with Gasteiger partial charge in [0.25, 0.3) is 17.1 Å². The summed E-state index contributed by atoms with van der Waals surface area (Å²) in [7, 11) is 2.63. The first-order valence-corrected chi connectivity index (χ1v) is 10.7. The monoisotopic (exact) mass is 470 g/mol. The number of nitrogens with one attached hydrogen (secondary N) is 1. The van der Waals surface area contributed by atoms with Gasteiger partial charge in [0, 0.05) is 11.3 Å². The van der Waals surface area contributed by atoms with Gasteiger partial charge in [0.1, 0.15) is 6.04 Å². The third kappa shape index (κ3) is 5.53. The Labute approximate surface area is 194 Å². The number of amides is 3. The van der Waals surface area contributed by atoms with Crippen molar-refractivity contribution in [3.05, 3.63) is 59.0 Å². The van der Waals surface area contributed by atoms with Crippen LogP contribution in [0.15, 0.2) is 53.4 Å². The third-order valence-corrected chi connectivity index (χ3v) is 5.56. The topological polar surface area (TPSA) is 111 Å². The zero-order valence-electron chi connectivity index (χ0n) is 18.2. The quantitative estimate of drug-likeness (QED) is 0.462. The smallest absolute Gasteiger partial charge is 0.328 e. The first kappa shape index (κ1) is 23.9. The highest BCUT2D eigenvalue weighted by Crippen LogP contribution is 2.38. The molecule has 1 fully saturated rings. The van der Waals surface area contributed by atoms with E-state index in [4.69, 9.17) is 9.47 Å². The second-order valence-electron chi connectivity index (χ2n) is 6.83. The Morgan fingerprint density at radius 2 is 1.82 bits per heavy atom. The van der Waals surface area contributed by atoms with Crippen LogP contribution in [0.25, 0.3) is 6.08 Å². The number of imide groups is 1. The molecule has 1 heterocycles. The number of ether oxygens (including phenoxy) is 3. The Kier molecular flexibility index (Phi) is 7.73. The molecular formula is C23H22N2O7S. The fourth-order valence-corrected chi connectivity index (χ4v) is 3.95. The number of hydrogen-bond donors (Lipinski definition) is 1. The van der Waals surface area contributed by atoms with Gasteiger partial charge < -0.3 is 19.5 Å². The van der Waals surface area contributed by atoms with Crippen molar-refractivity contribution in [3.8, 4) is 11.5 Å². The van der Waals surface area contributed by atoms with Gasteiger partial charge in [0.05, 0.1) is 19.1 Å². The van der Waals surface area contributed by atoms with E-state index in [0.717, 1.165) is 4.90 Å². The van der Waals surface area contributed by atoms with Gasteiger partial charge in [-0.05, 0) is 43.0 Å². The molecule has 172 valence electrons. The van der Waals surface area contributed by atoms with E-state index in [9.17, 15) is 19.2 Å². The van der Waals surface area contributed by atoms with Crippen molar-refractivity contribution in [2.24, 2.45) is 0 Å². The average Bonchev–Trinajstić information content (AvgIpc) is 3.10. The van der Waals surface area contributed by atoms with Crippen molar-refractivity contribution in [3.63, 3.8) is 0 Å². The number of carbonyl (C=O) groups is 4. The molecule has 3 amide bonds. The van der Waals surface area contributed by atoms with Crippen molar-refractivity contribution in [1.29, 1.82) is 0 Å².